The van der Waals surface area contributed by atoms with E-state index in [1.54, 1.807) is 11.3 Å². The normalized spacial score (nSPS) is 19.5. The van der Waals surface area contributed by atoms with Crippen LogP contribution in [0.2, 0.25) is 0 Å². The van der Waals surface area contributed by atoms with Crippen LogP contribution < -0.4 is 0 Å². The molecule has 3 rings (SSSR count). The summed E-state index contributed by atoms with van der Waals surface area (Å²) < 4.78 is 1.30. The predicted octanol–water partition coefficient (Wildman–Crippen LogP) is 2.28. The number of hydrogen-bond acceptors (Lipinski definition) is 3. The Hall–Kier alpha value is -1.39. The standard InChI is InChI=1S/C15H17NO2S/c17-9-11-7-15(18)16(8-11)6-5-12-10-19-14-4-2-1-3-13(12)14/h1-4,10-11,17H,5-9H2. The highest BCUT2D eigenvalue weighted by molar-refractivity contribution is 7.17. The molecule has 1 fully saturated rings. The van der Waals surface area contributed by atoms with Gasteiger partial charge in [-0.15, -0.1) is 11.3 Å². The lowest BCUT2D eigenvalue weighted by atomic mass is 10.1. The van der Waals surface area contributed by atoms with Crippen molar-refractivity contribution in [2.75, 3.05) is 19.7 Å². The number of carbonyl (C=O) groups excluding carboxylic acids is 1. The molecule has 0 bridgehead atoms. The van der Waals surface area contributed by atoms with Crippen LogP contribution in [0.4, 0.5) is 0 Å². The number of nitrogens with zero attached hydrogens (tertiary/aromatic N) is 1. The molecule has 0 radical (unpaired) electrons. The number of rotatable bonds is 4. The largest absolute Gasteiger partial charge is 0.396 e. The van der Waals surface area contributed by atoms with E-state index in [0.717, 1.165) is 13.0 Å². The van der Waals surface area contributed by atoms with Gasteiger partial charge in [0.1, 0.15) is 0 Å². The number of amides is 1. The highest BCUT2D eigenvalue weighted by Gasteiger charge is 2.28. The Kier molecular flexibility index (Phi) is 3.53. The second kappa shape index (κ2) is 5.31. The van der Waals surface area contributed by atoms with Gasteiger partial charge in [0.25, 0.3) is 0 Å². The van der Waals surface area contributed by atoms with Gasteiger partial charge in [-0.1, -0.05) is 18.2 Å². The second-order valence-electron chi connectivity index (χ2n) is 5.10. The molecule has 19 heavy (non-hydrogen) atoms. The fraction of sp³-hybridized carbons (Fsp3) is 0.400. The molecule has 1 amide bonds. The maximum Gasteiger partial charge on any atom is 0.223 e. The predicted molar refractivity (Wildman–Crippen MR) is 77.3 cm³/mol. The molecule has 0 spiro atoms. The quantitative estimate of drug-likeness (QED) is 0.930. The van der Waals surface area contributed by atoms with Gasteiger partial charge in [0.2, 0.25) is 5.91 Å². The first-order chi connectivity index (χ1) is 9.28. The molecule has 1 saturated heterocycles. The molecule has 1 aliphatic heterocycles. The summed E-state index contributed by atoms with van der Waals surface area (Å²) in [6.07, 6.45) is 1.40. The van der Waals surface area contributed by atoms with Crippen LogP contribution in [0.1, 0.15) is 12.0 Å². The van der Waals surface area contributed by atoms with E-state index >= 15 is 0 Å². The van der Waals surface area contributed by atoms with Gasteiger partial charge >= 0.3 is 0 Å². The maximum absolute atomic E-state index is 11.8. The highest BCUT2D eigenvalue weighted by atomic mass is 32.1. The third kappa shape index (κ3) is 2.51. The second-order valence-corrected chi connectivity index (χ2v) is 6.01. The monoisotopic (exact) mass is 275 g/mol. The SMILES string of the molecule is O=C1CC(CO)CN1CCc1csc2ccccc12. The number of fused-ring (bicyclic) bond motifs is 1. The van der Waals surface area contributed by atoms with Crippen LogP contribution in [-0.2, 0) is 11.2 Å². The van der Waals surface area contributed by atoms with Gasteiger partial charge < -0.3 is 10.0 Å². The van der Waals surface area contributed by atoms with Gasteiger partial charge in [-0.05, 0) is 28.8 Å². The van der Waals surface area contributed by atoms with Crippen molar-refractivity contribution in [3.8, 4) is 0 Å². The fourth-order valence-corrected chi connectivity index (χ4v) is 3.67. The molecule has 1 unspecified atom stereocenters. The van der Waals surface area contributed by atoms with E-state index in [4.69, 9.17) is 5.11 Å². The van der Waals surface area contributed by atoms with Crippen LogP contribution in [0.15, 0.2) is 29.6 Å². The van der Waals surface area contributed by atoms with Crippen molar-refractivity contribution in [3.63, 3.8) is 0 Å². The molecule has 0 saturated carbocycles. The molecule has 1 atom stereocenters. The molecular weight excluding hydrogens is 258 g/mol. The molecular formula is C15H17NO2S. The van der Waals surface area contributed by atoms with Crippen LogP contribution in [-0.4, -0.2) is 35.6 Å². The lowest BCUT2D eigenvalue weighted by Crippen LogP contribution is -2.27. The molecule has 0 aliphatic carbocycles. The van der Waals surface area contributed by atoms with E-state index in [0.29, 0.717) is 13.0 Å². The summed E-state index contributed by atoms with van der Waals surface area (Å²) in [5, 5.41) is 12.6. The molecule has 1 aromatic carbocycles. The van der Waals surface area contributed by atoms with Gasteiger partial charge in [0.05, 0.1) is 0 Å². The zero-order valence-electron chi connectivity index (χ0n) is 10.7. The van der Waals surface area contributed by atoms with Crippen molar-refractivity contribution in [1.82, 2.24) is 4.90 Å². The molecule has 100 valence electrons. The van der Waals surface area contributed by atoms with Gasteiger partial charge in [-0.2, -0.15) is 0 Å². The first-order valence-corrected chi connectivity index (χ1v) is 7.49. The third-order valence-corrected chi connectivity index (χ3v) is 4.78. The number of aliphatic hydroxyl groups excluding tert-OH is 1. The van der Waals surface area contributed by atoms with Gasteiger partial charge in [-0.25, -0.2) is 0 Å². The number of aliphatic hydroxyl groups is 1. The maximum atomic E-state index is 11.8. The topological polar surface area (TPSA) is 40.5 Å². The fourth-order valence-electron chi connectivity index (χ4n) is 2.67. The lowest BCUT2D eigenvalue weighted by molar-refractivity contribution is -0.127. The number of hydrogen-bond donors (Lipinski definition) is 1. The van der Waals surface area contributed by atoms with Gasteiger partial charge in [0, 0.05) is 36.7 Å². The number of carbonyl (C=O) groups is 1. The van der Waals surface area contributed by atoms with E-state index in [1.807, 2.05) is 4.90 Å². The number of likely N-dealkylation sites (tertiary alicyclic amines) is 1. The number of benzene rings is 1. The van der Waals surface area contributed by atoms with E-state index in [1.165, 1.54) is 15.6 Å². The Balaban J connectivity index is 1.68. The Morgan fingerprint density at radius 3 is 3.00 bits per heavy atom. The zero-order valence-corrected chi connectivity index (χ0v) is 11.5. The summed E-state index contributed by atoms with van der Waals surface area (Å²) >= 11 is 1.76. The van der Waals surface area contributed by atoms with E-state index in [-0.39, 0.29) is 18.4 Å². The summed E-state index contributed by atoms with van der Waals surface area (Å²) in [4.78, 5) is 13.7. The molecule has 1 aromatic heterocycles. The molecule has 2 heterocycles. The molecule has 1 N–H and O–H groups in total. The summed E-state index contributed by atoms with van der Waals surface area (Å²) in [5.74, 6) is 0.310. The van der Waals surface area contributed by atoms with Gasteiger partial charge in [-0.3, -0.25) is 4.79 Å². The van der Waals surface area contributed by atoms with Crippen molar-refractivity contribution in [2.45, 2.75) is 12.8 Å². The minimum absolute atomic E-state index is 0.115. The average molecular weight is 275 g/mol. The Morgan fingerprint density at radius 1 is 1.37 bits per heavy atom. The van der Waals surface area contributed by atoms with Crippen LogP contribution >= 0.6 is 11.3 Å². The first kappa shape index (κ1) is 12.6. The van der Waals surface area contributed by atoms with Crippen molar-refractivity contribution in [2.24, 2.45) is 5.92 Å². The Labute approximate surface area is 116 Å². The van der Waals surface area contributed by atoms with E-state index in [9.17, 15) is 4.79 Å². The van der Waals surface area contributed by atoms with Crippen LogP contribution in [0, 0.1) is 5.92 Å². The third-order valence-electron chi connectivity index (χ3n) is 3.77. The van der Waals surface area contributed by atoms with Crippen molar-refractivity contribution in [1.29, 1.82) is 0 Å². The zero-order chi connectivity index (χ0) is 13.2. The van der Waals surface area contributed by atoms with Crippen molar-refractivity contribution < 1.29 is 9.90 Å². The van der Waals surface area contributed by atoms with E-state index < -0.39 is 0 Å². The summed E-state index contributed by atoms with van der Waals surface area (Å²) in [7, 11) is 0. The molecule has 1 aliphatic rings. The van der Waals surface area contributed by atoms with Gasteiger partial charge in [0.15, 0.2) is 0 Å². The molecule has 4 heteroatoms. The van der Waals surface area contributed by atoms with Crippen molar-refractivity contribution in [3.05, 3.63) is 35.2 Å². The van der Waals surface area contributed by atoms with Crippen LogP contribution in [0.5, 0.6) is 0 Å². The smallest absolute Gasteiger partial charge is 0.223 e. The highest BCUT2D eigenvalue weighted by Crippen LogP contribution is 2.26. The Morgan fingerprint density at radius 2 is 2.21 bits per heavy atom. The first-order valence-electron chi connectivity index (χ1n) is 6.61. The average Bonchev–Trinajstić information content (AvgIpc) is 3.00. The lowest BCUT2D eigenvalue weighted by Gasteiger charge is -2.15. The minimum Gasteiger partial charge on any atom is -0.396 e. The molecule has 3 nitrogen and oxygen atoms in total. The van der Waals surface area contributed by atoms with E-state index in [2.05, 4.69) is 29.6 Å². The molecule has 2 aromatic rings. The van der Waals surface area contributed by atoms with Crippen LogP contribution in [0.25, 0.3) is 10.1 Å². The summed E-state index contributed by atoms with van der Waals surface area (Å²) in [5.41, 5.74) is 1.32. The summed E-state index contributed by atoms with van der Waals surface area (Å²) in [6, 6.07) is 8.38. The summed E-state index contributed by atoms with van der Waals surface area (Å²) in [6.45, 7) is 1.58. The number of thiophene rings is 1. The minimum atomic E-state index is 0.115. The van der Waals surface area contributed by atoms with Crippen LogP contribution in [0.3, 0.4) is 0 Å². The van der Waals surface area contributed by atoms with Crippen molar-refractivity contribution >= 4 is 27.3 Å². The Bertz CT molecular complexity index is 593.